The summed E-state index contributed by atoms with van der Waals surface area (Å²) in [5, 5.41) is 3.47. The molecule has 0 radical (unpaired) electrons. The minimum atomic E-state index is 0.134. The number of fused-ring (bicyclic) bond motifs is 1. The third-order valence-corrected chi connectivity index (χ3v) is 4.82. The highest BCUT2D eigenvalue weighted by Crippen LogP contribution is 2.30. The zero-order valence-corrected chi connectivity index (χ0v) is 15.8. The molecular formula is C20H24N6O2. The molecule has 0 atom stereocenters. The maximum atomic E-state index is 6.24. The average molecular weight is 380 g/mol. The molecule has 0 bridgehead atoms. The molecule has 0 amide bonds. The van der Waals surface area contributed by atoms with Crippen molar-refractivity contribution >= 4 is 22.5 Å². The van der Waals surface area contributed by atoms with Gasteiger partial charge in [-0.15, -0.1) is 0 Å². The number of ether oxygens (including phenoxy) is 2. The maximum Gasteiger partial charge on any atom is 0.218 e. The van der Waals surface area contributed by atoms with Crippen molar-refractivity contribution in [1.29, 1.82) is 0 Å². The lowest BCUT2D eigenvalue weighted by Crippen LogP contribution is -2.31. The van der Waals surface area contributed by atoms with Gasteiger partial charge in [0, 0.05) is 36.3 Å². The van der Waals surface area contributed by atoms with Gasteiger partial charge in [-0.25, -0.2) is 15.0 Å². The largest absolute Gasteiger partial charge is 0.488 e. The SMILES string of the molecule is CCOc1cc(NC2CCC(Oc3cc(N)cc4nccnc34)CC2)ncn1. The fourth-order valence-corrected chi connectivity index (χ4v) is 3.51. The number of anilines is 2. The molecule has 8 nitrogen and oxygen atoms in total. The van der Waals surface area contributed by atoms with Crippen LogP contribution in [0.15, 0.2) is 36.9 Å². The minimum absolute atomic E-state index is 0.134. The van der Waals surface area contributed by atoms with Gasteiger partial charge in [0.1, 0.15) is 23.4 Å². The fourth-order valence-electron chi connectivity index (χ4n) is 3.51. The van der Waals surface area contributed by atoms with E-state index in [0.717, 1.165) is 42.5 Å². The van der Waals surface area contributed by atoms with Crippen LogP contribution in [0.3, 0.4) is 0 Å². The monoisotopic (exact) mass is 380 g/mol. The zero-order chi connectivity index (χ0) is 19.3. The number of nitrogens with one attached hydrogen (secondary N) is 1. The highest BCUT2D eigenvalue weighted by molar-refractivity contribution is 5.84. The molecule has 28 heavy (non-hydrogen) atoms. The quantitative estimate of drug-likeness (QED) is 0.628. The molecule has 0 unspecified atom stereocenters. The van der Waals surface area contributed by atoms with Gasteiger partial charge < -0.3 is 20.5 Å². The van der Waals surface area contributed by atoms with Gasteiger partial charge in [-0.05, 0) is 38.7 Å². The minimum Gasteiger partial charge on any atom is -0.488 e. The van der Waals surface area contributed by atoms with E-state index in [1.54, 1.807) is 12.4 Å². The van der Waals surface area contributed by atoms with Crippen molar-refractivity contribution in [2.45, 2.75) is 44.8 Å². The van der Waals surface area contributed by atoms with E-state index in [-0.39, 0.29) is 6.10 Å². The smallest absolute Gasteiger partial charge is 0.218 e. The molecule has 4 rings (SSSR count). The van der Waals surface area contributed by atoms with E-state index in [1.807, 2.05) is 25.1 Å². The second kappa shape index (κ2) is 8.24. The highest BCUT2D eigenvalue weighted by Gasteiger charge is 2.23. The average Bonchev–Trinajstić information content (AvgIpc) is 2.70. The van der Waals surface area contributed by atoms with E-state index in [2.05, 4.69) is 25.3 Å². The first kappa shape index (κ1) is 18.2. The lowest BCUT2D eigenvalue weighted by molar-refractivity contribution is 0.152. The lowest BCUT2D eigenvalue weighted by Gasteiger charge is -2.30. The van der Waals surface area contributed by atoms with Gasteiger partial charge in [-0.2, -0.15) is 0 Å². The molecule has 3 aromatic rings. The summed E-state index contributed by atoms with van der Waals surface area (Å²) in [7, 11) is 0. The first-order valence-corrected chi connectivity index (χ1v) is 9.59. The van der Waals surface area contributed by atoms with Crippen molar-refractivity contribution in [2.75, 3.05) is 17.7 Å². The molecular weight excluding hydrogens is 356 g/mol. The number of nitrogen functional groups attached to an aromatic ring is 1. The molecule has 0 aliphatic heterocycles. The lowest BCUT2D eigenvalue weighted by atomic mass is 9.93. The van der Waals surface area contributed by atoms with Crippen molar-refractivity contribution in [2.24, 2.45) is 0 Å². The van der Waals surface area contributed by atoms with Crippen LogP contribution in [0.25, 0.3) is 11.0 Å². The first-order chi connectivity index (χ1) is 13.7. The number of hydrogen-bond donors (Lipinski definition) is 2. The molecule has 1 aliphatic rings. The highest BCUT2D eigenvalue weighted by atomic mass is 16.5. The summed E-state index contributed by atoms with van der Waals surface area (Å²) in [5.41, 5.74) is 8.13. The maximum absolute atomic E-state index is 6.24. The molecule has 0 spiro atoms. The van der Waals surface area contributed by atoms with Gasteiger partial charge in [0.2, 0.25) is 5.88 Å². The number of rotatable bonds is 6. The predicted molar refractivity (Wildman–Crippen MR) is 107 cm³/mol. The number of aromatic nitrogens is 4. The summed E-state index contributed by atoms with van der Waals surface area (Å²) >= 11 is 0. The normalized spacial score (nSPS) is 19.3. The van der Waals surface area contributed by atoms with Gasteiger partial charge in [0.25, 0.3) is 0 Å². The Balaban J connectivity index is 1.37. The zero-order valence-electron chi connectivity index (χ0n) is 15.8. The summed E-state index contributed by atoms with van der Waals surface area (Å²) in [4.78, 5) is 17.1. The summed E-state index contributed by atoms with van der Waals surface area (Å²) in [6.45, 7) is 2.52. The van der Waals surface area contributed by atoms with E-state index >= 15 is 0 Å². The van der Waals surface area contributed by atoms with Crippen LogP contribution in [0.1, 0.15) is 32.6 Å². The standard InChI is InChI=1S/C20H24N6O2/c1-2-27-19-11-18(24-12-25-19)26-14-3-5-15(6-4-14)28-17-10-13(21)9-16-20(17)23-8-7-22-16/h7-12,14-15H,2-6,21H2,1H3,(H,24,25,26). The Morgan fingerprint density at radius 1 is 1.04 bits per heavy atom. The van der Waals surface area contributed by atoms with Crippen LogP contribution in [0.4, 0.5) is 11.5 Å². The Morgan fingerprint density at radius 2 is 1.86 bits per heavy atom. The molecule has 8 heteroatoms. The molecule has 1 aliphatic carbocycles. The van der Waals surface area contributed by atoms with Crippen molar-refractivity contribution in [3.63, 3.8) is 0 Å². The number of nitrogens with zero attached hydrogens (tertiary/aromatic N) is 4. The van der Waals surface area contributed by atoms with E-state index in [1.165, 1.54) is 6.33 Å². The Bertz CT molecular complexity index is 943. The summed E-state index contributed by atoms with van der Waals surface area (Å²) < 4.78 is 11.7. The second-order valence-electron chi connectivity index (χ2n) is 6.85. The topological polar surface area (TPSA) is 108 Å². The molecule has 0 saturated heterocycles. The summed E-state index contributed by atoms with van der Waals surface area (Å²) in [5.74, 6) is 2.09. The van der Waals surface area contributed by atoms with Crippen LogP contribution in [-0.4, -0.2) is 38.7 Å². The van der Waals surface area contributed by atoms with Crippen molar-refractivity contribution in [3.05, 3.63) is 36.9 Å². The van der Waals surface area contributed by atoms with Gasteiger partial charge in [0.05, 0.1) is 18.2 Å². The number of hydrogen-bond acceptors (Lipinski definition) is 8. The van der Waals surface area contributed by atoms with Gasteiger partial charge in [-0.1, -0.05) is 0 Å². The van der Waals surface area contributed by atoms with E-state index in [4.69, 9.17) is 15.2 Å². The summed E-state index contributed by atoms with van der Waals surface area (Å²) in [6.07, 6.45) is 8.85. The molecule has 1 fully saturated rings. The second-order valence-corrected chi connectivity index (χ2v) is 6.85. The number of nitrogens with two attached hydrogens (primary N) is 1. The van der Waals surface area contributed by atoms with Crippen molar-refractivity contribution in [1.82, 2.24) is 19.9 Å². The van der Waals surface area contributed by atoms with Crippen LogP contribution < -0.4 is 20.5 Å². The Morgan fingerprint density at radius 3 is 2.68 bits per heavy atom. The van der Waals surface area contributed by atoms with Crippen LogP contribution in [-0.2, 0) is 0 Å². The molecule has 146 valence electrons. The van der Waals surface area contributed by atoms with Gasteiger partial charge in [0.15, 0.2) is 0 Å². The molecule has 2 aromatic heterocycles. The van der Waals surface area contributed by atoms with Gasteiger partial charge in [-0.3, -0.25) is 4.98 Å². The third-order valence-electron chi connectivity index (χ3n) is 4.82. The van der Waals surface area contributed by atoms with E-state index < -0.39 is 0 Å². The Hall–Kier alpha value is -3.16. The van der Waals surface area contributed by atoms with Crippen molar-refractivity contribution < 1.29 is 9.47 Å². The van der Waals surface area contributed by atoms with Crippen LogP contribution in [0.5, 0.6) is 11.6 Å². The Labute approximate surface area is 163 Å². The summed E-state index contributed by atoms with van der Waals surface area (Å²) in [6, 6.07) is 5.83. The fraction of sp³-hybridized carbons (Fsp3) is 0.400. The van der Waals surface area contributed by atoms with Gasteiger partial charge >= 0.3 is 0 Å². The van der Waals surface area contributed by atoms with Crippen LogP contribution >= 0.6 is 0 Å². The Kier molecular flexibility index (Phi) is 5.36. The molecule has 2 heterocycles. The predicted octanol–water partition coefficient (Wildman–Crippen LogP) is 3.20. The molecule has 1 aromatic carbocycles. The van der Waals surface area contributed by atoms with Crippen LogP contribution in [0.2, 0.25) is 0 Å². The third kappa shape index (κ3) is 4.21. The van der Waals surface area contributed by atoms with Crippen molar-refractivity contribution in [3.8, 4) is 11.6 Å². The van der Waals surface area contributed by atoms with E-state index in [0.29, 0.717) is 30.0 Å². The number of benzene rings is 1. The molecule has 1 saturated carbocycles. The van der Waals surface area contributed by atoms with Crippen LogP contribution in [0, 0.1) is 0 Å². The van der Waals surface area contributed by atoms with E-state index in [9.17, 15) is 0 Å². The molecule has 3 N–H and O–H groups in total. The first-order valence-electron chi connectivity index (χ1n) is 9.59.